The van der Waals surface area contributed by atoms with E-state index in [9.17, 15) is 9.18 Å². The highest BCUT2D eigenvalue weighted by Crippen LogP contribution is 2.12. The minimum Gasteiger partial charge on any atom is -0.357 e. The van der Waals surface area contributed by atoms with E-state index in [1.54, 1.807) is 13.0 Å². The average molecular weight is 462 g/mol. The first-order valence-corrected chi connectivity index (χ1v) is 8.61. The van der Waals surface area contributed by atoms with Crippen LogP contribution in [0.15, 0.2) is 23.2 Å². The molecule has 7 heteroatoms. The fourth-order valence-electron chi connectivity index (χ4n) is 2.75. The van der Waals surface area contributed by atoms with Crippen molar-refractivity contribution >= 4 is 35.8 Å². The molecule has 0 aliphatic carbocycles. The van der Waals surface area contributed by atoms with Gasteiger partial charge in [-0.05, 0) is 37.5 Å². The van der Waals surface area contributed by atoms with Gasteiger partial charge in [0.15, 0.2) is 5.96 Å². The zero-order valence-electron chi connectivity index (χ0n) is 15.1. The maximum Gasteiger partial charge on any atom is 0.222 e. The van der Waals surface area contributed by atoms with Crippen molar-refractivity contribution in [2.24, 2.45) is 4.99 Å². The van der Waals surface area contributed by atoms with E-state index in [1.165, 1.54) is 6.07 Å². The lowest BCUT2D eigenvalue weighted by Crippen LogP contribution is -2.45. The van der Waals surface area contributed by atoms with Crippen molar-refractivity contribution in [2.45, 2.75) is 46.2 Å². The first-order valence-electron chi connectivity index (χ1n) is 8.61. The molecular weight excluding hydrogens is 434 g/mol. The predicted molar refractivity (Wildman–Crippen MR) is 110 cm³/mol. The summed E-state index contributed by atoms with van der Waals surface area (Å²) in [7, 11) is 0. The Kier molecular flexibility index (Phi) is 9.16. The first kappa shape index (κ1) is 21.7. The van der Waals surface area contributed by atoms with Gasteiger partial charge in [0.2, 0.25) is 5.91 Å². The molecule has 140 valence electrons. The fourth-order valence-corrected chi connectivity index (χ4v) is 2.75. The number of carbonyl (C=O) groups excluding carboxylic acids is 1. The third kappa shape index (κ3) is 6.45. The topological polar surface area (TPSA) is 56.7 Å². The van der Waals surface area contributed by atoms with Gasteiger partial charge in [-0.15, -0.1) is 24.0 Å². The summed E-state index contributed by atoms with van der Waals surface area (Å²) in [5.74, 6) is 0.691. The highest BCUT2D eigenvalue weighted by atomic mass is 127. The number of amides is 1. The number of hydrogen-bond acceptors (Lipinski definition) is 2. The SMILES string of the molecule is CCNC(=NCc1ccc(C)c(F)c1)NC1CCN(C(=O)CC)C1.I. The predicted octanol–water partition coefficient (Wildman–Crippen LogP) is 2.82. The number of halogens is 2. The van der Waals surface area contributed by atoms with Crippen LogP contribution in [-0.4, -0.2) is 42.4 Å². The molecule has 1 amide bonds. The van der Waals surface area contributed by atoms with Crippen LogP contribution in [0, 0.1) is 12.7 Å². The number of hydrogen-bond donors (Lipinski definition) is 2. The summed E-state index contributed by atoms with van der Waals surface area (Å²) in [4.78, 5) is 18.2. The number of guanidine groups is 1. The van der Waals surface area contributed by atoms with Crippen LogP contribution in [0.2, 0.25) is 0 Å². The lowest BCUT2D eigenvalue weighted by Gasteiger charge is -2.18. The zero-order valence-corrected chi connectivity index (χ0v) is 17.5. The lowest BCUT2D eigenvalue weighted by atomic mass is 10.1. The molecule has 0 spiro atoms. The molecule has 25 heavy (non-hydrogen) atoms. The summed E-state index contributed by atoms with van der Waals surface area (Å²) in [5.41, 5.74) is 1.48. The first-order chi connectivity index (χ1) is 11.5. The molecule has 2 rings (SSSR count). The second-order valence-electron chi connectivity index (χ2n) is 6.10. The molecule has 1 aromatic carbocycles. The van der Waals surface area contributed by atoms with Gasteiger partial charge in [0.1, 0.15) is 5.82 Å². The lowest BCUT2D eigenvalue weighted by molar-refractivity contribution is -0.129. The number of nitrogens with one attached hydrogen (secondary N) is 2. The Hall–Kier alpha value is -1.38. The van der Waals surface area contributed by atoms with Crippen molar-refractivity contribution in [1.29, 1.82) is 0 Å². The summed E-state index contributed by atoms with van der Waals surface area (Å²) in [6.07, 6.45) is 1.45. The smallest absolute Gasteiger partial charge is 0.222 e. The Morgan fingerprint density at radius 2 is 2.16 bits per heavy atom. The van der Waals surface area contributed by atoms with Gasteiger partial charge in [-0.3, -0.25) is 4.79 Å². The third-order valence-electron chi connectivity index (χ3n) is 4.18. The van der Waals surface area contributed by atoms with E-state index in [0.717, 1.165) is 25.1 Å². The molecule has 2 N–H and O–H groups in total. The molecule has 5 nitrogen and oxygen atoms in total. The van der Waals surface area contributed by atoms with Crippen LogP contribution >= 0.6 is 24.0 Å². The molecule has 1 heterocycles. The second kappa shape index (κ2) is 10.6. The summed E-state index contributed by atoms with van der Waals surface area (Å²) < 4.78 is 13.6. The standard InChI is InChI=1S/C18H27FN4O.HI/c1-4-17(24)23-9-8-15(12-23)22-18(20-5-2)21-11-14-7-6-13(3)16(19)10-14;/h6-7,10,15H,4-5,8-9,11-12H2,1-3H3,(H2,20,21,22);1H. The Morgan fingerprint density at radius 1 is 1.40 bits per heavy atom. The molecule has 0 radical (unpaired) electrons. The molecule has 1 aliphatic rings. The molecule has 0 bridgehead atoms. The molecule has 1 saturated heterocycles. The van der Waals surface area contributed by atoms with E-state index in [-0.39, 0.29) is 41.7 Å². The van der Waals surface area contributed by atoms with Crippen LogP contribution in [0.1, 0.15) is 37.8 Å². The molecule has 1 aliphatic heterocycles. The molecule has 1 unspecified atom stereocenters. The van der Waals surface area contributed by atoms with Crippen LogP contribution in [0.5, 0.6) is 0 Å². The van der Waals surface area contributed by atoms with Crippen LogP contribution in [-0.2, 0) is 11.3 Å². The summed E-state index contributed by atoms with van der Waals surface area (Å²) in [5, 5.41) is 6.58. The van der Waals surface area contributed by atoms with Gasteiger partial charge in [0.25, 0.3) is 0 Å². The molecular formula is C18H28FIN4O. The van der Waals surface area contributed by atoms with E-state index < -0.39 is 0 Å². The zero-order chi connectivity index (χ0) is 17.5. The average Bonchev–Trinajstić information content (AvgIpc) is 3.03. The molecule has 0 saturated carbocycles. The highest BCUT2D eigenvalue weighted by Gasteiger charge is 2.25. The summed E-state index contributed by atoms with van der Waals surface area (Å²) >= 11 is 0. The minimum absolute atomic E-state index is 0. The van der Waals surface area contributed by atoms with Gasteiger partial charge in [-0.25, -0.2) is 9.38 Å². The van der Waals surface area contributed by atoms with E-state index in [4.69, 9.17) is 0 Å². The van der Waals surface area contributed by atoms with Gasteiger partial charge in [0, 0.05) is 32.1 Å². The van der Waals surface area contributed by atoms with E-state index in [0.29, 0.717) is 31.0 Å². The Morgan fingerprint density at radius 3 is 2.80 bits per heavy atom. The van der Waals surface area contributed by atoms with Crippen LogP contribution in [0.4, 0.5) is 4.39 Å². The Bertz CT molecular complexity index is 609. The van der Waals surface area contributed by atoms with Crippen LogP contribution in [0.25, 0.3) is 0 Å². The van der Waals surface area contributed by atoms with Crippen molar-refractivity contribution < 1.29 is 9.18 Å². The summed E-state index contributed by atoms with van der Waals surface area (Å²) in [6.45, 7) is 8.29. The van der Waals surface area contributed by atoms with Gasteiger partial charge in [0.05, 0.1) is 6.54 Å². The number of nitrogens with zero attached hydrogens (tertiary/aromatic N) is 2. The van der Waals surface area contributed by atoms with Crippen LogP contribution in [0.3, 0.4) is 0 Å². The highest BCUT2D eigenvalue weighted by molar-refractivity contribution is 14.0. The van der Waals surface area contributed by atoms with E-state index in [1.807, 2.05) is 24.8 Å². The van der Waals surface area contributed by atoms with Crippen molar-refractivity contribution in [3.05, 3.63) is 35.1 Å². The van der Waals surface area contributed by atoms with Gasteiger partial charge in [-0.1, -0.05) is 19.1 Å². The van der Waals surface area contributed by atoms with Gasteiger partial charge >= 0.3 is 0 Å². The van der Waals surface area contributed by atoms with Crippen molar-refractivity contribution in [1.82, 2.24) is 15.5 Å². The Balaban J connectivity index is 0.00000312. The molecule has 1 atom stereocenters. The maximum atomic E-state index is 13.6. The quantitative estimate of drug-likeness (QED) is 0.402. The minimum atomic E-state index is -0.204. The maximum absolute atomic E-state index is 13.6. The number of carbonyl (C=O) groups is 1. The van der Waals surface area contributed by atoms with Crippen molar-refractivity contribution in [2.75, 3.05) is 19.6 Å². The molecule has 1 fully saturated rings. The van der Waals surface area contributed by atoms with Crippen molar-refractivity contribution in [3.8, 4) is 0 Å². The molecule has 0 aromatic heterocycles. The normalized spacial score (nSPS) is 17.2. The fraction of sp³-hybridized carbons (Fsp3) is 0.556. The number of aliphatic imine (C=N–C) groups is 1. The molecule has 1 aromatic rings. The number of rotatable bonds is 5. The number of aryl methyl sites for hydroxylation is 1. The summed E-state index contributed by atoms with van der Waals surface area (Å²) in [6, 6.07) is 5.39. The number of likely N-dealkylation sites (tertiary alicyclic amines) is 1. The monoisotopic (exact) mass is 462 g/mol. The van der Waals surface area contributed by atoms with E-state index >= 15 is 0 Å². The van der Waals surface area contributed by atoms with Gasteiger partial charge < -0.3 is 15.5 Å². The van der Waals surface area contributed by atoms with Crippen molar-refractivity contribution in [3.63, 3.8) is 0 Å². The second-order valence-corrected chi connectivity index (χ2v) is 6.10. The number of benzene rings is 1. The van der Waals surface area contributed by atoms with Gasteiger partial charge in [-0.2, -0.15) is 0 Å². The Labute approximate surface area is 166 Å². The largest absolute Gasteiger partial charge is 0.357 e. The van der Waals surface area contributed by atoms with E-state index in [2.05, 4.69) is 15.6 Å². The van der Waals surface area contributed by atoms with Crippen LogP contribution < -0.4 is 10.6 Å². The third-order valence-corrected chi connectivity index (χ3v) is 4.18.